The van der Waals surface area contributed by atoms with Gasteiger partial charge in [-0.15, -0.1) is 24.0 Å². The Balaban J connectivity index is 0.00000242. The van der Waals surface area contributed by atoms with E-state index in [1.165, 1.54) is 0 Å². The predicted octanol–water partition coefficient (Wildman–Crippen LogP) is 3.57. The molecule has 0 spiro atoms. The van der Waals surface area contributed by atoms with Crippen molar-refractivity contribution in [2.45, 2.75) is 26.3 Å². The van der Waals surface area contributed by atoms with Crippen molar-refractivity contribution < 1.29 is 0 Å². The van der Waals surface area contributed by atoms with E-state index in [4.69, 9.17) is 5.73 Å². The molecule has 0 amide bonds. The number of rotatable bonds is 6. The number of hydrogen-bond acceptors (Lipinski definition) is 2. The van der Waals surface area contributed by atoms with E-state index in [0.717, 1.165) is 36.2 Å². The number of unbranched alkanes of at least 4 members (excludes halogenated alkanes) is 1. The van der Waals surface area contributed by atoms with Gasteiger partial charge in [0.25, 0.3) is 0 Å². The molecule has 3 N–H and O–H groups in total. The van der Waals surface area contributed by atoms with Gasteiger partial charge in [0.15, 0.2) is 5.96 Å². The number of nitrogens with one attached hydrogen (secondary N) is 1. The molecule has 0 unspecified atom stereocenters. The molecule has 1 aromatic carbocycles. The lowest BCUT2D eigenvalue weighted by molar-refractivity contribution is 0.748. The average Bonchev–Trinajstić information content (AvgIpc) is 2.54. The number of aliphatic imine (C=N–C) groups is 1. The molecule has 0 aliphatic carbocycles. The summed E-state index contributed by atoms with van der Waals surface area (Å²) in [6.45, 7) is 3.60. The molecule has 118 valence electrons. The highest BCUT2D eigenvalue weighted by Crippen LogP contribution is 2.18. The minimum absolute atomic E-state index is 0. The second kappa shape index (κ2) is 10.2. The summed E-state index contributed by atoms with van der Waals surface area (Å²) in [5.41, 5.74) is 9.03. The number of guanidine groups is 1. The lowest BCUT2D eigenvalue weighted by Gasteiger charge is -2.06. The minimum atomic E-state index is 0. The monoisotopic (exact) mass is 410 g/mol. The van der Waals surface area contributed by atoms with Crippen LogP contribution in [-0.4, -0.2) is 17.5 Å². The zero-order valence-electron chi connectivity index (χ0n) is 12.8. The van der Waals surface area contributed by atoms with Crippen LogP contribution in [0.5, 0.6) is 0 Å². The number of pyridine rings is 1. The zero-order chi connectivity index (χ0) is 14.9. The molecule has 1 heterocycles. The first-order chi connectivity index (χ1) is 10.3. The first kappa shape index (κ1) is 18.4. The third kappa shape index (κ3) is 6.01. The Morgan fingerprint density at radius 2 is 2.09 bits per heavy atom. The fraction of sp³-hybridized carbons (Fsp3) is 0.294. The quantitative estimate of drug-likeness (QED) is 0.331. The molecule has 0 fully saturated rings. The summed E-state index contributed by atoms with van der Waals surface area (Å²) in [5.74, 6) is 0.506. The zero-order valence-corrected chi connectivity index (χ0v) is 15.2. The van der Waals surface area contributed by atoms with Crippen LogP contribution in [0.25, 0.3) is 11.3 Å². The smallest absolute Gasteiger partial charge is 0.188 e. The molecule has 0 aliphatic rings. The summed E-state index contributed by atoms with van der Waals surface area (Å²) in [4.78, 5) is 8.73. The van der Waals surface area contributed by atoms with Gasteiger partial charge in [-0.05, 0) is 30.2 Å². The molecule has 2 rings (SSSR count). The number of halogens is 1. The maximum absolute atomic E-state index is 5.84. The van der Waals surface area contributed by atoms with E-state index in [1.54, 1.807) is 6.20 Å². The van der Waals surface area contributed by atoms with Crippen molar-refractivity contribution >= 4 is 29.9 Å². The second-order valence-electron chi connectivity index (χ2n) is 4.90. The van der Waals surface area contributed by atoms with Crippen LogP contribution in [-0.2, 0) is 6.54 Å². The molecule has 0 aliphatic heterocycles. The normalized spacial score (nSPS) is 10.9. The van der Waals surface area contributed by atoms with Gasteiger partial charge in [0.1, 0.15) is 0 Å². The van der Waals surface area contributed by atoms with E-state index in [9.17, 15) is 0 Å². The molecule has 4 nitrogen and oxygen atoms in total. The maximum atomic E-state index is 5.84. The number of benzene rings is 1. The van der Waals surface area contributed by atoms with E-state index in [2.05, 4.69) is 40.4 Å². The van der Waals surface area contributed by atoms with Gasteiger partial charge >= 0.3 is 0 Å². The van der Waals surface area contributed by atoms with Crippen molar-refractivity contribution in [2.75, 3.05) is 6.54 Å². The molecule has 2 aromatic rings. The lowest BCUT2D eigenvalue weighted by atomic mass is 10.1. The maximum Gasteiger partial charge on any atom is 0.188 e. The summed E-state index contributed by atoms with van der Waals surface area (Å²) in [5, 5.41) is 3.12. The van der Waals surface area contributed by atoms with Gasteiger partial charge in [-0.25, -0.2) is 4.99 Å². The van der Waals surface area contributed by atoms with Gasteiger partial charge < -0.3 is 11.1 Å². The largest absolute Gasteiger partial charge is 0.370 e. The van der Waals surface area contributed by atoms with Crippen LogP contribution in [0, 0.1) is 0 Å². The summed E-state index contributed by atoms with van der Waals surface area (Å²) < 4.78 is 0. The van der Waals surface area contributed by atoms with Gasteiger partial charge in [0, 0.05) is 18.3 Å². The van der Waals surface area contributed by atoms with Gasteiger partial charge in [0.2, 0.25) is 0 Å². The average molecular weight is 410 g/mol. The molecule has 1 aromatic heterocycles. The Hall–Kier alpha value is -1.63. The van der Waals surface area contributed by atoms with E-state index >= 15 is 0 Å². The highest BCUT2D eigenvalue weighted by Gasteiger charge is 2.00. The summed E-state index contributed by atoms with van der Waals surface area (Å²) >= 11 is 0. The third-order valence-electron chi connectivity index (χ3n) is 3.16. The molecule has 22 heavy (non-hydrogen) atoms. The molecule has 0 bridgehead atoms. The van der Waals surface area contributed by atoms with E-state index in [-0.39, 0.29) is 24.0 Å². The van der Waals surface area contributed by atoms with Crippen molar-refractivity contribution in [1.29, 1.82) is 0 Å². The highest BCUT2D eigenvalue weighted by molar-refractivity contribution is 14.0. The fourth-order valence-corrected chi connectivity index (χ4v) is 1.99. The first-order valence-corrected chi connectivity index (χ1v) is 7.33. The molecule has 5 heteroatoms. The Kier molecular flexibility index (Phi) is 8.50. The van der Waals surface area contributed by atoms with Crippen molar-refractivity contribution in [3.05, 3.63) is 54.2 Å². The molecular weight excluding hydrogens is 387 g/mol. The van der Waals surface area contributed by atoms with Gasteiger partial charge in [-0.2, -0.15) is 0 Å². The number of nitrogens with zero attached hydrogens (tertiary/aromatic N) is 2. The number of aromatic nitrogens is 1. The molecule has 0 saturated carbocycles. The van der Waals surface area contributed by atoms with Crippen LogP contribution in [0.1, 0.15) is 25.3 Å². The lowest BCUT2D eigenvalue weighted by Crippen LogP contribution is -2.32. The van der Waals surface area contributed by atoms with Gasteiger partial charge in [-0.1, -0.05) is 37.6 Å². The molecule has 0 radical (unpaired) electrons. The van der Waals surface area contributed by atoms with Crippen LogP contribution in [0.15, 0.2) is 53.7 Å². The number of nitrogens with two attached hydrogens (primary N) is 1. The van der Waals surface area contributed by atoms with E-state index in [1.807, 2.05) is 24.3 Å². The topological polar surface area (TPSA) is 63.3 Å². The Labute approximate surface area is 149 Å². The third-order valence-corrected chi connectivity index (χ3v) is 3.16. The highest BCUT2D eigenvalue weighted by atomic mass is 127. The van der Waals surface area contributed by atoms with Crippen LogP contribution >= 0.6 is 24.0 Å². The number of hydrogen-bond donors (Lipinski definition) is 2. The van der Waals surface area contributed by atoms with E-state index in [0.29, 0.717) is 12.5 Å². The van der Waals surface area contributed by atoms with Crippen molar-refractivity contribution in [3.63, 3.8) is 0 Å². The molecule has 0 atom stereocenters. The molecular formula is C17H23IN4. The Bertz CT molecular complexity index is 584. The van der Waals surface area contributed by atoms with Gasteiger partial charge in [-0.3, -0.25) is 4.98 Å². The fourth-order valence-electron chi connectivity index (χ4n) is 1.99. The van der Waals surface area contributed by atoms with Crippen molar-refractivity contribution in [1.82, 2.24) is 10.3 Å². The van der Waals surface area contributed by atoms with Gasteiger partial charge in [0.05, 0.1) is 12.2 Å². The van der Waals surface area contributed by atoms with Crippen LogP contribution in [0.4, 0.5) is 0 Å². The van der Waals surface area contributed by atoms with Crippen molar-refractivity contribution in [2.24, 2.45) is 10.7 Å². The minimum Gasteiger partial charge on any atom is -0.370 e. The summed E-state index contributed by atoms with van der Waals surface area (Å²) in [6, 6.07) is 14.1. The standard InChI is InChI=1S/C17H22N4.HI/c1-2-3-10-20-17(18)21-13-14-7-6-8-15(12-14)16-9-4-5-11-19-16;/h4-9,11-12H,2-3,10,13H2,1H3,(H3,18,20,21);1H. The Morgan fingerprint density at radius 3 is 2.82 bits per heavy atom. The molecule has 0 saturated heterocycles. The predicted molar refractivity (Wildman–Crippen MR) is 103 cm³/mol. The van der Waals surface area contributed by atoms with Crippen LogP contribution < -0.4 is 11.1 Å². The van der Waals surface area contributed by atoms with Crippen molar-refractivity contribution in [3.8, 4) is 11.3 Å². The van der Waals surface area contributed by atoms with Crippen LogP contribution in [0.2, 0.25) is 0 Å². The van der Waals surface area contributed by atoms with E-state index < -0.39 is 0 Å². The SMILES string of the molecule is CCCCNC(N)=NCc1cccc(-c2ccccn2)c1.I. The first-order valence-electron chi connectivity index (χ1n) is 7.33. The van der Waals surface area contributed by atoms with Crippen LogP contribution in [0.3, 0.4) is 0 Å². The Morgan fingerprint density at radius 1 is 1.23 bits per heavy atom. The second-order valence-corrected chi connectivity index (χ2v) is 4.90. The summed E-state index contributed by atoms with van der Waals surface area (Å²) in [6.07, 6.45) is 4.05. The summed E-state index contributed by atoms with van der Waals surface area (Å²) in [7, 11) is 0.